The molecular formula is C17H28N4O3. The van der Waals surface area contributed by atoms with E-state index in [2.05, 4.69) is 28.7 Å². The lowest BCUT2D eigenvalue weighted by molar-refractivity contribution is -0.142. The molecule has 1 aromatic heterocycles. The molecule has 1 fully saturated rings. The zero-order chi connectivity index (χ0) is 17.5. The molecule has 0 spiro atoms. The van der Waals surface area contributed by atoms with Crippen LogP contribution in [0.1, 0.15) is 50.5 Å². The molecule has 0 aromatic carbocycles. The highest BCUT2D eigenvalue weighted by atomic mass is 16.5. The lowest BCUT2D eigenvalue weighted by atomic mass is 10.1. The molecule has 1 unspecified atom stereocenters. The van der Waals surface area contributed by atoms with Gasteiger partial charge in [0.25, 0.3) is 0 Å². The third-order valence-corrected chi connectivity index (χ3v) is 4.28. The van der Waals surface area contributed by atoms with Gasteiger partial charge in [0.15, 0.2) is 0 Å². The molecule has 24 heavy (non-hydrogen) atoms. The zero-order valence-corrected chi connectivity index (χ0v) is 14.9. The van der Waals surface area contributed by atoms with E-state index in [0.717, 1.165) is 25.2 Å². The minimum absolute atomic E-state index is 0.118. The third-order valence-electron chi connectivity index (χ3n) is 4.28. The number of hydrogen-bond acceptors (Lipinski definition) is 4. The van der Waals surface area contributed by atoms with Gasteiger partial charge >= 0.3 is 12.0 Å². The van der Waals surface area contributed by atoms with Crippen molar-refractivity contribution in [1.82, 2.24) is 19.8 Å². The molecule has 2 heterocycles. The first-order chi connectivity index (χ1) is 11.6. The average molecular weight is 336 g/mol. The van der Waals surface area contributed by atoms with Crippen LogP contribution in [0.2, 0.25) is 0 Å². The number of nitrogens with zero attached hydrogens (tertiary/aromatic N) is 3. The fraction of sp³-hybridized carbons (Fsp3) is 0.706. The van der Waals surface area contributed by atoms with E-state index in [0.29, 0.717) is 26.2 Å². The van der Waals surface area contributed by atoms with Gasteiger partial charge in [-0.2, -0.15) is 0 Å². The molecule has 1 aliphatic heterocycles. The zero-order valence-electron chi connectivity index (χ0n) is 14.9. The second-order valence-electron chi connectivity index (χ2n) is 6.13. The standard InChI is InChI=1S/C17H28N4O3/c1-4-9-21-13(3)11-19-16(21)14-7-10-20(12-14)17(23)18-8-6-15(22)24-5-2/h11,14H,4-10,12H2,1-3H3,(H,18,23). The van der Waals surface area contributed by atoms with Crippen LogP contribution in [0.3, 0.4) is 0 Å². The van der Waals surface area contributed by atoms with Crippen LogP contribution < -0.4 is 5.32 Å². The van der Waals surface area contributed by atoms with E-state index in [1.807, 2.05) is 6.20 Å². The van der Waals surface area contributed by atoms with Gasteiger partial charge in [0.2, 0.25) is 0 Å². The second kappa shape index (κ2) is 8.70. The fourth-order valence-corrected chi connectivity index (χ4v) is 3.09. The number of aryl methyl sites for hydroxylation is 1. The van der Waals surface area contributed by atoms with E-state index in [1.54, 1.807) is 11.8 Å². The summed E-state index contributed by atoms with van der Waals surface area (Å²) in [7, 11) is 0. The number of hydrogen-bond donors (Lipinski definition) is 1. The van der Waals surface area contributed by atoms with Crippen molar-refractivity contribution >= 4 is 12.0 Å². The summed E-state index contributed by atoms with van der Waals surface area (Å²) < 4.78 is 7.10. The van der Waals surface area contributed by atoms with E-state index in [9.17, 15) is 9.59 Å². The number of aromatic nitrogens is 2. The Morgan fingerprint density at radius 1 is 1.42 bits per heavy atom. The second-order valence-corrected chi connectivity index (χ2v) is 6.13. The normalized spacial score (nSPS) is 17.1. The molecule has 1 N–H and O–H groups in total. The lowest BCUT2D eigenvalue weighted by Gasteiger charge is -2.18. The molecule has 0 radical (unpaired) electrons. The summed E-state index contributed by atoms with van der Waals surface area (Å²) in [6.45, 7) is 9.02. The van der Waals surface area contributed by atoms with Gasteiger partial charge in [0.05, 0.1) is 13.0 Å². The number of nitrogens with one attached hydrogen (secondary N) is 1. The van der Waals surface area contributed by atoms with Crippen LogP contribution in [-0.4, -0.2) is 52.7 Å². The minimum atomic E-state index is -0.283. The Kier molecular flexibility index (Phi) is 6.63. The highest BCUT2D eigenvalue weighted by Gasteiger charge is 2.30. The maximum Gasteiger partial charge on any atom is 0.317 e. The van der Waals surface area contributed by atoms with Crippen molar-refractivity contribution in [3.05, 3.63) is 17.7 Å². The van der Waals surface area contributed by atoms with Gasteiger partial charge < -0.3 is 19.5 Å². The van der Waals surface area contributed by atoms with Crippen molar-refractivity contribution in [1.29, 1.82) is 0 Å². The monoisotopic (exact) mass is 336 g/mol. The summed E-state index contributed by atoms with van der Waals surface area (Å²) in [4.78, 5) is 29.9. The first-order valence-electron chi connectivity index (χ1n) is 8.77. The molecule has 1 atom stereocenters. The molecule has 7 heteroatoms. The summed E-state index contributed by atoms with van der Waals surface area (Å²) in [6, 6.07) is -0.118. The number of urea groups is 1. The van der Waals surface area contributed by atoms with Crippen molar-refractivity contribution in [2.75, 3.05) is 26.2 Å². The molecule has 1 aromatic rings. The molecular weight excluding hydrogens is 308 g/mol. The van der Waals surface area contributed by atoms with Gasteiger partial charge in [-0.15, -0.1) is 0 Å². The van der Waals surface area contributed by atoms with Crippen LogP contribution >= 0.6 is 0 Å². The number of likely N-dealkylation sites (tertiary alicyclic amines) is 1. The fourth-order valence-electron chi connectivity index (χ4n) is 3.09. The summed E-state index contributed by atoms with van der Waals surface area (Å²) in [5.74, 6) is 1.08. The van der Waals surface area contributed by atoms with Gasteiger partial charge in [-0.1, -0.05) is 6.92 Å². The number of carbonyl (C=O) groups is 2. The Balaban J connectivity index is 1.84. The lowest BCUT2D eigenvalue weighted by Crippen LogP contribution is -2.39. The Hall–Kier alpha value is -2.05. The van der Waals surface area contributed by atoms with Gasteiger partial charge in [-0.25, -0.2) is 9.78 Å². The molecule has 0 saturated carbocycles. The molecule has 2 rings (SSSR count). The van der Waals surface area contributed by atoms with Crippen molar-refractivity contribution < 1.29 is 14.3 Å². The van der Waals surface area contributed by atoms with E-state index in [-0.39, 0.29) is 24.3 Å². The number of ether oxygens (including phenoxy) is 1. The van der Waals surface area contributed by atoms with E-state index < -0.39 is 0 Å². The number of rotatable bonds is 7. The smallest absolute Gasteiger partial charge is 0.317 e. The van der Waals surface area contributed by atoms with Gasteiger partial charge in [-0.3, -0.25) is 4.79 Å². The molecule has 1 saturated heterocycles. The molecule has 0 bridgehead atoms. The molecule has 134 valence electrons. The molecule has 1 aliphatic rings. The maximum atomic E-state index is 12.2. The predicted octanol–water partition coefficient (Wildman–Crippen LogP) is 2.05. The van der Waals surface area contributed by atoms with Crippen molar-refractivity contribution in [2.45, 2.75) is 52.5 Å². The molecule has 2 amide bonds. The Bertz CT molecular complexity index is 570. The molecule has 0 aliphatic carbocycles. The van der Waals surface area contributed by atoms with E-state index in [1.165, 1.54) is 5.69 Å². The van der Waals surface area contributed by atoms with Gasteiger partial charge in [0.1, 0.15) is 5.82 Å². The van der Waals surface area contributed by atoms with Crippen molar-refractivity contribution in [2.24, 2.45) is 0 Å². The Morgan fingerprint density at radius 3 is 2.92 bits per heavy atom. The SMILES string of the molecule is CCCn1c(C)cnc1C1CCN(C(=O)NCCC(=O)OCC)C1. The van der Waals surface area contributed by atoms with Crippen molar-refractivity contribution in [3.63, 3.8) is 0 Å². The van der Waals surface area contributed by atoms with Crippen LogP contribution in [0.5, 0.6) is 0 Å². The molecule has 7 nitrogen and oxygen atoms in total. The van der Waals surface area contributed by atoms with Gasteiger partial charge in [-0.05, 0) is 26.7 Å². The van der Waals surface area contributed by atoms with Crippen LogP contribution in [0, 0.1) is 6.92 Å². The largest absolute Gasteiger partial charge is 0.466 e. The quantitative estimate of drug-likeness (QED) is 0.773. The van der Waals surface area contributed by atoms with Crippen LogP contribution in [0.4, 0.5) is 4.79 Å². The Labute approximate surface area is 143 Å². The number of esters is 1. The Morgan fingerprint density at radius 2 is 2.21 bits per heavy atom. The van der Waals surface area contributed by atoms with Crippen LogP contribution in [0.15, 0.2) is 6.20 Å². The average Bonchev–Trinajstić information content (AvgIpc) is 3.16. The minimum Gasteiger partial charge on any atom is -0.466 e. The number of imidazole rings is 1. The predicted molar refractivity (Wildman–Crippen MR) is 90.8 cm³/mol. The van der Waals surface area contributed by atoms with Crippen molar-refractivity contribution in [3.8, 4) is 0 Å². The summed E-state index contributed by atoms with van der Waals surface area (Å²) >= 11 is 0. The van der Waals surface area contributed by atoms with Crippen LogP contribution in [-0.2, 0) is 16.1 Å². The highest BCUT2D eigenvalue weighted by molar-refractivity contribution is 5.76. The number of carbonyl (C=O) groups excluding carboxylic acids is 2. The first-order valence-corrected chi connectivity index (χ1v) is 8.77. The summed E-state index contributed by atoms with van der Waals surface area (Å²) in [5.41, 5.74) is 1.17. The van der Waals surface area contributed by atoms with E-state index in [4.69, 9.17) is 4.74 Å². The van der Waals surface area contributed by atoms with E-state index >= 15 is 0 Å². The highest BCUT2D eigenvalue weighted by Crippen LogP contribution is 2.27. The summed E-state index contributed by atoms with van der Waals surface area (Å²) in [6.07, 6.45) is 4.10. The number of amides is 2. The first kappa shape index (κ1) is 18.3. The van der Waals surface area contributed by atoms with Gasteiger partial charge in [0, 0.05) is 44.0 Å². The maximum absolute atomic E-state index is 12.2. The summed E-state index contributed by atoms with van der Waals surface area (Å²) in [5, 5.41) is 2.79. The third kappa shape index (κ3) is 4.49. The topological polar surface area (TPSA) is 76.5 Å². The van der Waals surface area contributed by atoms with Crippen LogP contribution in [0.25, 0.3) is 0 Å².